The zero-order chi connectivity index (χ0) is 23.0. The molecule has 0 saturated carbocycles. The van der Waals surface area contributed by atoms with E-state index in [0.717, 1.165) is 0 Å². The third kappa shape index (κ3) is 3.77. The standard InChI is InChI=1S/C21H19ClN6O4/c1-26(6-7-29)19-4-5-28(25-19)17-9-16-13(8-15(17)22)20(30)14(21(31)32)11-27(16)12-2-3-18(23)24-10-12/h2-5,8-11,29H,6-7H2,1H3,(H2,23,24)(H,31,32). The molecule has 0 spiro atoms. The summed E-state index contributed by atoms with van der Waals surface area (Å²) in [6, 6.07) is 8.10. The second-order valence-corrected chi connectivity index (χ2v) is 7.48. The van der Waals surface area contributed by atoms with E-state index in [2.05, 4.69) is 10.1 Å². The number of carboxylic acid groups (broad SMARTS) is 1. The summed E-state index contributed by atoms with van der Waals surface area (Å²) in [5, 5.41) is 23.5. The van der Waals surface area contributed by atoms with Crippen LogP contribution in [-0.2, 0) is 0 Å². The van der Waals surface area contributed by atoms with Gasteiger partial charge in [0.05, 0.1) is 34.7 Å². The molecule has 4 N–H and O–H groups in total. The summed E-state index contributed by atoms with van der Waals surface area (Å²) < 4.78 is 3.10. The van der Waals surface area contributed by atoms with Gasteiger partial charge < -0.3 is 25.4 Å². The first-order valence-corrected chi connectivity index (χ1v) is 9.90. The average Bonchev–Trinajstić information content (AvgIpc) is 3.25. The van der Waals surface area contributed by atoms with E-state index in [0.29, 0.717) is 35.1 Å². The van der Waals surface area contributed by atoms with Gasteiger partial charge in [0.1, 0.15) is 11.4 Å². The van der Waals surface area contributed by atoms with Crippen LogP contribution in [0, 0.1) is 0 Å². The number of hydrogen-bond donors (Lipinski definition) is 3. The van der Waals surface area contributed by atoms with Crippen LogP contribution in [0.3, 0.4) is 0 Å². The van der Waals surface area contributed by atoms with Gasteiger partial charge in [-0.3, -0.25) is 4.79 Å². The molecule has 0 saturated heterocycles. The van der Waals surface area contributed by atoms with Gasteiger partial charge in [-0.25, -0.2) is 14.5 Å². The smallest absolute Gasteiger partial charge is 0.341 e. The third-order valence-electron chi connectivity index (χ3n) is 5.00. The number of benzene rings is 1. The van der Waals surface area contributed by atoms with E-state index in [1.54, 1.807) is 51.7 Å². The van der Waals surface area contributed by atoms with Crippen LogP contribution in [0.1, 0.15) is 10.4 Å². The van der Waals surface area contributed by atoms with Gasteiger partial charge in [-0.15, -0.1) is 0 Å². The summed E-state index contributed by atoms with van der Waals surface area (Å²) in [6.07, 6.45) is 4.44. The molecule has 32 heavy (non-hydrogen) atoms. The molecule has 3 heterocycles. The van der Waals surface area contributed by atoms with Gasteiger partial charge in [0.2, 0.25) is 5.43 Å². The number of nitrogens with two attached hydrogens (primary N) is 1. The number of pyridine rings is 2. The van der Waals surface area contributed by atoms with Gasteiger partial charge in [0, 0.05) is 37.4 Å². The Morgan fingerprint density at radius 3 is 2.72 bits per heavy atom. The highest BCUT2D eigenvalue weighted by Gasteiger charge is 2.18. The fourth-order valence-corrected chi connectivity index (χ4v) is 3.58. The average molecular weight is 455 g/mol. The molecule has 10 nitrogen and oxygen atoms in total. The number of fused-ring (bicyclic) bond motifs is 1. The predicted octanol–water partition coefficient (Wildman–Crippen LogP) is 1.93. The molecule has 0 aliphatic carbocycles. The van der Waals surface area contributed by atoms with Gasteiger partial charge in [-0.05, 0) is 24.3 Å². The summed E-state index contributed by atoms with van der Waals surface area (Å²) in [4.78, 5) is 30.3. The number of halogens is 1. The van der Waals surface area contributed by atoms with Gasteiger partial charge in [-0.1, -0.05) is 11.6 Å². The molecule has 164 valence electrons. The molecule has 0 radical (unpaired) electrons. The van der Waals surface area contributed by atoms with E-state index in [9.17, 15) is 14.7 Å². The minimum atomic E-state index is -1.35. The Labute approximate surface area is 186 Å². The minimum Gasteiger partial charge on any atom is -0.477 e. The number of likely N-dealkylation sites (N-methyl/N-ethyl adjacent to an activating group) is 1. The fraction of sp³-hybridized carbons (Fsp3) is 0.143. The molecule has 11 heteroatoms. The summed E-state index contributed by atoms with van der Waals surface area (Å²) >= 11 is 6.47. The Hall–Kier alpha value is -3.89. The maximum atomic E-state index is 12.8. The Bertz CT molecular complexity index is 1380. The number of carboxylic acids is 1. The van der Waals surface area contributed by atoms with Gasteiger partial charge >= 0.3 is 5.97 Å². The summed E-state index contributed by atoms with van der Waals surface area (Å²) in [5.74, 6) is -0.424. The van der Waals surface area contributed by atoms with Crippen LogP contribution in [0.15, 0.2) is 53.7 Å². The molecule has 0 atom stereocenters. The van der Waals surface area contributed by atoms with Crippen LogP contribution in [0.5, 0.6) is 0 Å². The highest BCUT2D eigenvalue weighted by Crippen LogP contribution is 2.28. The normalized spacial score (nSPS) is 11.1. The van der Waals surface area contributed by atoms with Crippen molar-refractivity contribution in [3.05, 3.63) is 69.7 Å². The second-order valence-electron chi connectivity index (χ2n) is 7.07. The topological polar surface area (TPSA) is 140 Å². The van der Waals surface area contributed by atoms with Crippen molar-refractivity contribution in [1.82, 2.24) is 19.3 Å². The molecule has 0 bridgehead atoms. The van der Waals surface area contributed by atoms with E-state index >= 15 is 0 Å². The molecule has 3 aromatic heterocycles. The van der Waals surface area contributed by atoms with Crippen LogP contribution in [0.25, 0.3) is 22.3 Å². The lowest BCUT2D eigenvalue weighted by molar-refractivity contribution is 0.0695. The van der Waals surface area contributed by atoms with Crippen LogP contribution in [0.4, 0.5) is 11.6 Å². The second kappa shape index (κ2) is 8.33. The number of hydrogen-bond acceptors (Lipinski definition) is 7. The Morgan fingerprint density at radius 1 is 1.28 bits per heavy atom. The zero-order valence-corrected chi connectivity index (χ0v) is 17.7. The minimum absolute atomic E-state index is 0.0199. The first kappa shape index (κ1) is 21.3. The molecular formula is C21H19ClN6O4. The van der Waals surface area contributed by atoms with E-state index in [1.807, 2.05) is 0 Å². The Balaban J connectivity index is 1.97. The molecule has 0 aliphatic heterocycles. The van der Waals surface area contributed by atoms with E-state index < -0.39 is 17.0 Å². The van der Waals surface area contributed by atoms with Crippen LogP contribution >= 0.6 is 11.6 Å². The van der Waals surface area contributed by atoms with E-state index in [1.165, 1.54) is 18.5 Å². The molecular weight excluding hydrogens is 436 g/mol. The first-order valence-electron chi connectivity index (χ1n) is 9.52. The van der Waals surface area contributed by atoms with E-state index in [-0.39, 0.29) is 17.0 Å². The van der Waals surface area contributed by atoms with Crippen molar-refractivity contribution in [2.24, 2.45) is 0 Å². The lowest BCUT2D eigenvalue weighted by atomic mass is 10.1. The predicted molar refractivity (Wildman–Crippen MR) is 121 cm³/mol. The van der Waals surface area contributed by atoms with Gasteiger partial charge in [-0.2, -0.15) is 5.10 Å². The number of aromatic carboxylic acids is 1. The fourth-order valence-electron chi connectivity index (χ4n) is 3.33. The third-order valence-corrected chi connectivity index (χ3v) is 5.30. The summed E-state index contributed by atoms with van der Waals surface area (Å²) in [5.41, 5.74) is 6.06. The number of aliphatic hydroxyl groups excluding tert-OH is 1. The lowest BCUT2D eigenvalue weighted by Gasteiger charge is -2.15. The number of nitrogen functional groups attached to an aromatic ring is 1. The molecule has 4 rings (SSSR count). The van der Waals surface area contributed by atoms with Gasteiger partial charge in [0.15, 0.2) is 5.82 Å². The Kier molecular flexibility index (Phi) is 5.56. The van der Waals surface area contributed by atoms with Crippen molar-refractivity contribution in [2.45, 2.75) is 0 Å². The summed E-state index contributed by atoms with van der Waals surface area (Å²) in [6.45, 7) is 0.387. The first-order chi connectivity index (χ1) is 15.3. The molecule has 0 aliphatic rings. The quantitative estimate of drug-likeness (QED) is 0.401. The molecule has 0 unspecified atom stereocenters. The van der Waals surface area contributed by atoms with Crippen molar-refractivity contribution in [2.75, 3.05) is 30.8 Å². The number of aliphatic hydroxyl groups is 1. The zero-order valence-electron chi connectivity index (χ0n) is 16.9. The number of rotatable bonds is 6. The lowest BCUT2D eigenvalue weighted by Crippen LogP contribution is -2.21. The van der Waals surface area contributed by atoms with Crippen molar-refractivity contribution >= 4 is 40.1 Å². The Morgan fingerprint density at radius 2 is 2.06 bits per heavy atom. The van der Waals surface area contributed by atoms with Crippen molar-refractivity contribution in [1.29, 1.82) is 0 Å². The van der Waals surface area contributed by atoms with Crippen LogP contribution in [-0.4, -0.2) is 55.7 Å². The maximum Gasteiger partial charge on any atom is 0.341 e. The van der Waals surface area contributed by atoms with Crippen molar-refractivity contribution < 1.29 is 15.0 Å². The summed E-state index contributed by atoms with van der Waals surface area (Å²) in [7, 11) is 1.80. The van der Waals surface area contributed by atoms with Crippen molar-refractivity contribution in [3.63, 3.8) is 0 Å². The van der Waals surface area contributed by atoms with E-state index in [4.69, 9.17) is 22.4 Å². The molecule has 4 aromatic rings. The largest absolute Gasteiger partial charge is 0.477 e. The molecule has 0 fully saturated rings. The van der Waals surface area contributed by atoms with Crippen LogP contribution < -0.4 is 16.1 Å². The number of aromatic nitrogens is 4. The number of carbonyl (C=O) groups is 1. The van der Waals surface area contributed by atoms with Gasteiger partial charge in [0.25, 0.3) is 0 Å². The molecule has 0 amide bonds. The maximum absolute atomic E-state index is 12.8. The molecule has 1 aromatic carbocycles. The van der Waals surface area contributed by atoms with Crippen LogP contribution in [0.2, 0.25) is 5.02 Å². The number of nitrogens with zero attached hydrogens (tertiary/aromatic N) is 5. The number of anilines is 2. The monoisotopic (exact) mass is 454 g/mol. The SMILES string of the molecule is CN(CCO)c1ccn(-c2cc3c(cc2Cl)c(=O)c(C(=O)O)cn3-c2ccc(N)nc2)n1. The van der Waals surface area contributed by atoms with Crippen molar-refractivity contribution in [3.8, 4) is 11.4 Å². The highest BCUT2D eigenvalue weighted by atomic mass is 35.5. The highest BCUT2D eigenvalue weighted by molar-refractivity contribution is 6.33.